The molecule has 0 atom stereocenters. The van der Waals surface area contributed by atoms with Crippen molar-refractivity contribution in [2.75, 3.05) is 31.1 Å². The standard InChI is InChI=1S/C22H28N4O4S/c1-16(2)18-5-7-19(8-6-18)26-14-13-25(22(26)28)15-21(27)24-12-11-17-3-9-20(10-4-17)31(23,29)30/h3-10,16H,11-15H2,1-2H3,(H,24,27)(H2,23,29,30). The summed E-state index contributed by atoms with van der Waals surface area (Å²) in [5, 5.41) is 7.88. The monoisotopic (exact) mass is 444 g/mol. The van der Waals surface area contributed by atoms with Crippen molar-refractivity contribution in [3.8, 4) is 0 Å². The number of nitrogens with two attached hydrogens (primary N) is 1. The molecule has 9 heteroatoms. The van der Waals surface area contributed by atoms with Gasteiger partial charge in [0, 0.05) is 25.3 Å². The van der Waals surface area contributed by atoms with Crippen molar-refractivity contribution in [1.29, 1.82) is 0 Å². The lowest BCUT2D eigenvalue weighted by Crippen LogP contribution is -2.40. The van der Waals surface area contributed by atoms with Gasteiger partial charge in [-0.3, -0.25) is 9.69 Å². The normalized spacial score (nSPS) is 14.4. The number of urea groups is 1. The number of carbonyl (C=O) groups is 2. The number of amides is 3. The van der Waals surface area contributed by atoms with Gasteiger partial charge in [0.25, 0.3) is 0 Å². The van der Waals surface area contributed by atoms with Gasteiger partial charge in [0.15, 0.2) is 0 Å². The molecule has 1 heterocycles. The van der Waals surface area contributed by atoms with Crippen molar-refractivity contribution < 1.29 is 18.0 Å². The van der Waals surface area contributed by atoms with Crippen LogP contribution in [0.25, 0.3) is 0 Å². The Balaban J connectivity index is 1.47. The smallest absolute Gasteiger partial charge is 0.325 e. The lowest BCUT2D eigenvalue weighted by atomic mass is 10.0. The quantitative estimate of drug-likeness (QED) is 0.649. The van der Waals surface area contributed by atoms with Gasteiger partial charge < -0.3 is 10.2 Å². The molecule has 2 aromatic carbocycles. The number of primary sulfonamides is 1. The molecule has 31 heavy (non-hydrogen) atoms. The van der Waals surface area contributed by atoms with E-state index in [1.165, 1.54) is 22.6 Å². The largest absolute Gasteiger partial charge is 0.354 e. The van der Waals surface area contributed by atoms with Crippen molar-refractivity contribution in [2.24, 2.45) is 5.14 Å². The van der Waals surface area contributed by atoms with Gasteiger partial charge in [-0.1, -0.05) is 38.1 Å². The van der Waals surface area contributed by atoms with Crippen LogP contribution in [-0.4, -0.2) is 51.4 Å². The maximum atomic E-state index is 12.7. The number of rotatable bonds is 8. The molecular formula is C22H28N4O4S. The third kappa shape index (κ3) is 5.83. The Morgan fingerprint density at radius 1 is 1.06 bits per heavy atom. The third-order valence-electron chi connectivity index (χ3n) is 5.29. The van der Waals surface area contributed by atoms with E-state index in [4.69, 9.17) is 5.14 Å². The molecule has 0 bridgehead atoms. The lowest BCUT2D eigenvalue weighted by Gasteiger charge is -2.19. The highest BCUT2D eigenvalue weighted by Crippen LogP contribution is 2.23. The summed E-state index contributed by atoms with van der Waals surface area (Å²) < 4.78 is 22.6. The minimum Gasteiger partial charge on any atom is -0.354 e. The number of carbonyl (C=O) groups excluding carboxylic acids is 2. The molecule has 0 saturated carbocycles. The van der Waals surface area contributed by atoms with Gasteiger partial charge in [-0.05, 0) is 47.7 Å². The van der Waals surface area contributed by atoms with E-state index in [-0.39, 0.29) is 23.4 Å². The van der Waals surface area contributed by atoms with Gasteiger partial charge >= 0.3 is 6.03 Å². The molecule has 166 valence electrons. The van der Waals surface area contributed by atoms with Crippen LogP contribution in [0.4, 0.5) is 10.5 Å². The molecule has 1 saturated heterocycles. The summed E-state index contributed by atoms with van der Waals surface area (Å²) in [6.07, 6.45) is 0.541. The first-order chi connectivity index (χ1) is 14.6. The lowest BCUT2D eigenvalue weighted by molar-refractivity contribution is -0.121. The first-order valence-electron chi connectivity index (χ1n) is 10.2. The first-order valence-corrected chi connectivity index (χ1v) is 11.7. The highest BCUT2D eigenvalue weighted by Gasteiger charge is 2.30. The molecular weight excluding hydrogens is 416 g/mol. The van der Waals surface area contributed by atoms with Crippen LogP contribution in [0.5, 0.6) is 0 Å². The number of benzene rings is 2. The summed E-state index contributed by atoms with van der Waals surface area (Å²) in [7, 11) is -3.71. The number of anilines is 1. The van der Waals surface area contributed by atoms with Gasteiger partial charge in [-0.15, -0.1) is 0 Å². The Morgan fingerprint density at radius 2 is 1.71 bits per heavy atom. The molecule has 0 radical (unpaired) electrons. The maximum Gasteiger partial charge on any atom is 0.325 e. The molecule has 0 unspecified atom stereocenters. The van der Waals surface area contributed by atoms with Crippen LogP contribution in [0.3, 0.4) is 0 Å². The molecule has 3 rings (SSSR count). The van der Waals surface area contributed by atoms with Crippen LogP contribution < -0.4 is 15.4 Å². The van der Waals surface area contributed by atoms with E-state index in [0.29, 0.717) is 32.0 Å². The summed E-state index contributed by atoms with van der Waals surface area (Å²) >= 11 is 0. The van der Waals surface area contributed by atoms with E-state index in [0.717, 1.165) is 11.3 Å². The van der Waals surface area contributed by atoms with E-state index < -0.39 is 10.0 Å². The first kappa shape index (κ1) is 22.8. The average molecular weight is 445 g/mol. The predicted octanol–water partition coefficient (Wildman–Crippen LogP) is 2.06. The second kappa shape index (κ2) is 9.49. The van der Waals surface area contributed by atoms with Crippen molar-refractivity contribution in [3.63, 3.8) is 0 Å². The number of hydrogen-bond donors (Lipinski definition) is 2. The van der Waals surface area contributed by atoms with E-state index in [1.54, 1.807) is 17.0 Å². The van der Waals surface area contributed by atoms with Gasteiger partial charge in [-0.2, -0.15) is 0 Å². The number of nitrogens with one attached hydrogen (secondary N) is 1. The molecule has 1 aliphatic heterocycles. The Labute approximate surface area is 183 Å². The summed E-state index contributed by atoms with van der Waals surface area (Å²) in [6, 6.07) is 14.0. The molecule has 2 aromatic rings. The summed E-state index contributed by atoms with van der Waals surface area (Å²) in [5.41, 5.74) is 2.92. The molecule has 3 amide bonds. The molecule has 3 N–H and O–H groups in total. The Morgan fingerprint density at radius 3 is 2.29 bits per heavy atom. The number of nitrogens with zero attached hydrogens (tertiary/aromatic N) is 2. The van der Waals surface area contributed by atoms with Crippen molar-refractivity contribution in [2.45, 2.75) is 31.1 Å². The van der Waals surface area contributed by atoms with Gasteiger partial charge in [0.05, 0.1) is 4.90 Å². The number of sulfonamides is 1. The van der Waals surface area contributed by atoms with Crippen LogP contribution in [-0.2, 0) is 21.2 Å². The highest BCUT2D eigenvalue weighted by atomic mass is 32.2. The van der Waals surface area contributed by atoms with Crippen LogP contribution in [0, 0.1) is 0 Å². The topological polar surface area (TPSA) is 113 Å². The second-order valence-corrected chi connectivity index (χ2v) is 9.45. The molecule has 0 aromatic heterocycles. The zero-order valence-corrected chi connectivity index (χ0v) is 18.6. The van der Waals surface area contributed by atoms with Crippen LogP contribution in [0.15, 0.2) is 53.4 Å². The maximum absolute atomic E-state index is 12.7. The average Bonchev–Trinajstić information content (AvgIpc) is 3.08. The van der Waals surface area contributed by atoms with Crippen LogP contribution in [0.1, 0.15) is 30.9 Å². The fourth-order valence-corrected chi connectivity index (χ4v) is 3.94. The zero-order chi connectivity index (χ0) is 22.6. The van der Waals surface area contributed by atoms with Crippen molar-refractivity contribution in [3.05, 3.63) is 59.7 Å². The molecule has 0 aliphatic carbocycles. The molecule has 1 aliphatic rings. The zero-order valence-electron chi connectivity index (χ0n) is 17.7. The van der Waals surface area contributed by atoms with Crippen molar-refractivity contribution >= 4 is 27.6 Å². The molecule has 1 fully saturated rings. The van der Waals surface area contributed by atoms with E-state index >= 15 is 0 Å². The summed E-state index contributed by atoms with van der Waals surface area (Å²) in [5.74, 6) is 0.196. The van der Waals surface area contributed by atoms with Crippen molar-refractivity contribution in [1.82, 2.24) is 10.2 Å². The minimum atomic E-state index is -3.71. The SMILES string of the molecule is CC(C)c1ccc(N2CCN(CC(=O)NCCc3ccc(S(N)(=O)=O)cc3)C2=O)cc1. The molecule has 8 nitrogen and oxygen atoms in total. The van der Waals surface area contributed by atoms with Crippen LogP contribution >= 0.6 is 0 Å². The van der Waals surface area contributed by atoms with E-state index in [2.05, 4.69) is 19.2 Å². The fourth-order valence-electron chi connectivity index (χ4n) is 3.43. The van der Waals surface area contributed by atoms with Gasteiger partial charge in [-0.25, -0.2) is 18.4 Å². The third-order valence-corrected chi connectivity index (χ3v) is 6.22. The highest BCUT2D eigenvalue weighted by molar-refractivity contribution is 7.89. The Kier molecular flexibility index (Phi) is 6.97. The van der Waals surface area contributed by atoms with Gasteiger partial charge in [0.2, 0.25) is 15.9 Å². The number of hydrogen-bond acceptors (Lipinski definition) is 4. The minimum absolute atomic E-state index is 0.00374. The summed E-state index contributed by atoms with van der Waals surface area (Å²) in [6.45, 7) is 5.67. The summed E-state index contributed by atoms with van der Waals surface area (Å²) in [4.78, 5) is 28.2. The van der Waals surface area contributed by atoms with E-state index in [1.807, 2.05) is 24.3 Å². The fraction of sp³-hybridized carbons (Fsp3) is 0.364. The Hall–Kier alpha value is -2.91. The van der Waals surface area contributed by atoms with Crippen LogP contribution in [0.2, 0.25) is 0 Å². The predicted molar refractivity (Wildman–Crippen MR) is 119 cm³/mol. The molecule has 0 spiro atoms. The second-order valence-electron chi connectivity index (χ2n) is 7.89. The Bertz CT molecular complexity index is 1030. The van der Waals surface area contributed by atoms with E-state index in [9.17, 15) is 18.0 Å². The van der Waals surface area contributed by atoms with Gasteiger partial charge in [0.1, 0.15) is 6.54 Å².